The van der Waals surface area contributed by atoms with E-state index in [-0.39, 0.29) is 23.4 Å². The van der Waals surface area contributed by atoms with Crippen LogP contribution in [0.3, 0.4) is 0 Å². The molecular formula is C16H24FNO. The Bertz CT molecular complexity index is 428. The fourth-order valence-corrected chi connectivity index (χ4v) is 2.96. The summed E-state index contributed by atoms with van der Waals surface area (Å²) in [5.74, 6) is -0.168. The summed E-state index contributed by atoms with van der Waals surface area (Å²) in [6.07, 6.45) is 2.27. The second-order valence-electron chi connectivity index (χ2n) is 5.67. The maximum absolute atomic E-state index is 13.9. The van der Waals surface area contributed by atoms with Gasteiger partial charge in [-0.25, -0.2) is 4.39 Å². The molecule has 1 aromatic carbocycles. The second-order valence-corrected chi connectivity index (χ2v) is 5.67. The zero-order valence-corrected chi connectivity index (χ0v) is 12.3. The Hall–Kier alpha value is -1.09. The first-order valence-electron chi connectivity index (χ1n) is 7.16. The van der Waals surface area contributed by atoms with E-state index in [1.165, 1.54) is 6.07 Å². The van der Waals surface area contributed by atoms with Crippen LogP contribution < -0.4 is 5.32 Å². The number of benzene rings is 1. The highest BCUT2D eigenvalue weighted by atomic mass is 19.1. The summed E-state index contributed by atoms with van der Waals surface area (Å²) in [4.78, 5) is 0. The molecule has 0 radical (unpaired) electrons. The van der Waals surface area contributed by atoms with E-state index in [2.05, 4.69) is 19.2 Å². The summed E-state index contributed by atoms with van der Waals surface area (Å²) in [5.41, 5.74) is 1.69. The van der Waals surface area contributed by atoms with Crippen molar-refractivity contribution >= 4 is 5.69 Å². The van der Waals surface area contributed by atoms with E-state index in [4.69, 9.17) is 4.74 Å². The number of halogens is 1. The third-order valence-electron chi connectivity index (χ3n) is 4.65. The lowest BCUT2D eigenvalue weighted by atomic mass is 9.61. The van der Waals surface area contributed by atoms with Gasteiger partial charge >= 0.3 is 0 Å². The van der Waals surface area contributed by atoms with Crippen LogP contribution >= 0.6 is 0 Å². The normalized spacial score (nSPS) is 29.9. The maximum Gasteiger partial charge on any atom is 0.146 e. The molecule has 0 aromatic heterocycles. The highest BCUT2D eigenvalue weighted by Gasteiger charge is 2.51. The van der Waals surface area contributed by atoms with Crippen molar-refractivity contribution in [2.75, 3.05) is 11.9 Å². The molecule has 0 bridgehead atoms. The fourth-order valence-electron chi connectivity index (χ4n) is 2.96. The molecule has 0 saturated heterocycles. The Labute approximate surface area is 115 Å². The highest BCUT2D eigenvalue weighted by molar-refractivity contribution is 5.53. The Morgan fingerprint density at radius 3 is 2.74 bits per heavy atom. The maximum atomic E-state index is 13.9. The van der Waals surface area contributed by atoms with Gasteiger partial charge in [-0.2, -0.15) is 0 Å². The van der Waals surface area contributed by atoms with Crippen molar-refractivity contribution in [1.82, 2.24) is 0 Å². The van der Waals surface area contributed by atoms with Gasteiger partial charge in [-0.3, -0.25) is 0 Å². The van der Waals surface area contributed by atoms with Crippen molar-refractivity contribution in [3.63, 3.8) is 0 Å². The zero-order chi connectivity index (χ0) is 14.0. The number of anilines is 1. The van der Waals surface area contributed by atoms with Gasteiger partial charge in [-0.1, -0.05) is 26.0 Å². The Kier molecular flexibility index (Phi) is 4.14. The minimum absolute atomic E-state index is 0.0880. The van der Waals surface area contributed by atoms with Crippen molar-refractivity contribution in [2.24, 2.45) is 5.41 Å². The number of nitrogens with one attached hydrogen (secondary N) is 1. The summed E-state index contributed by atoms with van der Waals surface area (Å²) in [5, 5.41) is 3.39. The summed E-state index contributed by atoms with van der Waals surface area (Å²) in [6, 6.07) is 5.48. The average molecular weight is 265 g/mol. The standard InChI is InChI=1S/C16H24FNO/c1-5-16(4)13(10-14(16)19-6-2)18-15-11(3)8-7-9-12(15)17/h7-9,13-14,18H,5-6,10H2,1-4H3. The molecule has 1 N–H and O–H groups in total. The Balaban J connectivity index is 2.12. The van der Waals surface area contributed by atoms with E-state index in [0.29, 0.717) is 5.69 Å². The van der Waals surface area contributed by atoms with Crippen LogP contribution in [0.2, 0.25) is 0 Å². The van der Waals surface area contributed by atoms with Gasteiger partial charge in [-0.05, 0) is 38.3 Å². The molecule has 106 valence electrons. The molecule has 1 aliphatic rings. The van der Waals surface area contributed by atoms with E-state index in [1.807, 2.05) is 19.9 Å². The summed E-state index contributed by atoms with van der Waals surface area (Å²) < 4.78 is 19.7. The molecule has 3 heteroatoms. The molecule has 0 spiro atoms. The van der Waals surface area contributed by atoms with Gasteiger partial charge in [0, 0.05) is 18.1 Å². The minimum Gasteiger partial charge on any atom is -0.379 e. The van der Waals surface area contributed by atoms with Crippen LogP contribution in [0, 0.1) is 18.2 Å². The monoisotopic (exact) mass is 265 g/mol. The zero-order valence-electron chi connectivity index (χ0n) is 12.3. The van der Waals surface area contributed by atoms with Crippen LogP contribution in [-0.2, 0) is 4.74 Å². The Morgan fingerprint density at radius 2 is 2.16 bits per heavy atom. The molecule has 0 heterocycles. The number of aryl methyl sites for hydroxylation is 1. The van der Waals surface area contributed by atoms with Crippen molar-refractivity contribution in [2.45, 2.75) is 52.7 Å². The highest BCUT2D eigenvalue weighted by Crippen LogP contribution is 2.47. The van der Waals surface area contributed by atoms with Crippen LogP contribution in [0.1, 0.15) is 39.2 Å². The first-order chi connectivity index (χ1) is 9.02. The van der Waals surface area contributed by atoms with Gasteiger partial charge in [0.2, 0.25) is 0 Å². The molecule has 3 atom stereocenters. The largest absolute Gasteiger partial charge is 0.379 e. The van der Waals surface area contributed by atoms with Gasteiger partial charge in [0.05, 0.1) is 11.8 Å². The number of rotatable bonds is 5. The van der Waals surface area contributed by atoms with E-state index in [1.54, 1.807) is 6.07 Å². The number of para-hydroxylation sites is 1. The SMILES string of the molecule is CCOC1CC(Nc2c(C)cccc2F)C1(C)CC. The molecule has 3 unspecified atom stereocenters. The van der Waals surface area contributed by atoms with Gasteiger partial charge < -0.3 is 10.1 Å². The van der Waals surface area contributed by atoms with Crippen LogP contribution in [-0.4, -0.2) is 18.8 Å². The van der Waals surface area contributed by atoms with Crippen LogP contribution in [0.25, 0.3) is 0 Å². The molecule has 1 aromatic rings. The van der Waals surface area contributed by atoms with E-state index < -0.39 is 0 Å². The molecule has 0 aliphatic heterocycles. The molecule has 1 saturated carbocycles. The molecule has 19 heavy (non-hydrogen) atoms. The molecule has 1 aliphatic carbocycles. The average Bonchev–Trinajstić information content (AvgIpc) is 2.39. The van der Waals surface area contributed by atoms with E-state index >= 15 is 0 Å². The molecule has 1 fully saturated rings. The van der Waals surface area contributed by atoms with Crippen molar-refractivity contribution in [1.29, 1.82) is 0 Å². The lowest BCUT2D eigenvalue weighted by Crippen LogP contribution is -2.59. The molecular weight excluding hydrogens is 241 g/mol. The fraction of sp³-hybridized carbons (Fsp3) is 0.625. The number of hydrogen-bond donors (Lipinski definition) is 1. The Morgan fingerprint density at radius 1 is 1.42 bits per heavy atom. The van der Waals surface area contributed by atoms with Gasteiger partial charge in [0.25, 0.3) is 0 Å². The molecule has 0 amide bonds. The quantitative estimate of drug-likeness (QED) is 0.864. The predicted octanol–water partition coefficient (Wildman–Crippen LogP) is 4.14. The van der Waals surface area contributed by atoms with Crippen LogP contribution in [0.15, 0.2) is 18.2 Å². The van der Waals surface area contributed by atoms with Crippen LogP contribution in [0.5, 0.6) is 0 Å². The minimum atomic E-state index is -0.168. The van der Waals surface area contributed by atoms with Gasteiger partial charge in [0.1, 0.15) is 5.82 Å². The number of hydrogen-bond acceptors (Lipinski definition) is 2. The first-order valence-corrected chi connectivity index (χ1v) is 7.16. The summed E-state index contributed by atoms with van der Waals surface area (Å²) in [7, 11) is 0. The van der Waals surface area contributed by atoms with Crippen LogP contribution in [0.4, 0.5) is 10.1 Å². The van der Waals surface area contributed by atoms with E-state index in [0.717, 1.165) is 25.0 Å². The smallest absolute Gasteiger partial charge is 0.146 e. The third-order valence-corrected chi connectivity index (χ3v) is 4.65. The lowest BCUT2D eigenvalue weighted by Gasteiger charge is -2.54. The molecule has 2 nitrogen and oxygen atoms in total. The predicted molar refractivity (Wildman–Crippen MR) is 77.0 cm³/mol. The van der Waals surface area contributed by atoms with Crippen molar-refractivity contribution in [3.05, 3.63) is 29.6 Å². The topological polar surface area (TPSA) is 21.3 Å². The third kappa shape index (κ3) is 2.48. The lowest BCUT2D eigenvalue weighted by molar-refractivity contribution is -0.109. The van der Waals surface area contributed by atoms with Crippen molar-refractivity contribution in [3.8, 4) is 0 Å². The van der Waals surface area contributed by atoms with Crippen molar-refractivity contribution < 1.29 is 9.13 Å². The van der Waals surface area contributed by atoms with Gasteiger partial charge in [-0.15, -0.1) is 0 Å². The summed E-state index contributed by atoms with van der Waals surface area (Å²) in [6.45, 7) is 9.11. The number of ether oxygens (including phenoxy) is 1. The second kappa shape index (κ2) is 5.49. The van der Waals surface area contributed by atoms with E-state index in [9.17, 15) is 4.39 Å². The first kappa shape index (κ1) is 14.3. The summed E-state index contributed by atoms with van der Waals surface area (Å²) >= 11 is 0. The molecule has 2 rings (SSSR count). The van der Waals surface area contributed by atoms with Gasteiger partial charge in [0.15, 0.2) is 0 Å².